The summed E-state index contributed by atoms with van der Waals surface area (Å²) in [4.78, 5) is 12.0. The Balaban J connectivity index is 1.83. The van der Waals surface area contributed by atoms with Gasteiger partial charge in [-0.1, -0.05) is 67.6 Å². The fraction of sp³-hybridized carbons (Fsp3) is 0.318. The van der Waals surface area contributed by atoms with Gasteiger partial charge in [-0.05, 0) is 24.1 Å². The maximum Gasteiger partial charge on any atom is 0.309 e. The van der Waals surface area contributed by atoms with E-state index in [0.717, 1.165) is 11.1 Å². The maximum atomic E-state index is 12.0. The highest BCUT2D eigenvalue weighted by Crippen LogP contribution is 2.36. The number of hydrogen-bond donors (Lipinski definition) is 1. The van der Waals surface area contributed by atoms with E-state index in [1.807, 2.05) is 78.7 Å². The molecular weight excluding hydrogens is 340 g/mol. The molecule has 0 bridgehead atoms. The lowest BCUT2D eigenvalue weighted by molar-refractivity contribution is -0.223. The van der Waals surface area contributed by atoms with Crippen LogP contribution in [-0.4, -0.2) is 28.0 Å². The summed E-state index contributed by atoms with van der Waals surface area (Å²) in [6.07, 6.45) is 2.44. The first-order chi connectivity index (χ1) is 13.1. The number of ether oxygens (including phenoxy) is 1. The number of allylic oxidation sites excluding steroid dienone is 1. The van der Waals surface area contributed by atoms with E-state index in [2.05, 4.69) is 0 Å². The number of hydrazine groups is 1. The van der Waals surface area contributed by atoms with E-state index in [4.69, 9.17) is 4.74 Å². The molecule has 5 heteroatoms. The lowest BCUT2D eigenvalue weighted by atomic mass is 10.0. The SMILES string of the molecule is CCOC(=O)C(C)CC1=CC(c2ccccc2)N(Cc2ccccc2)N1O. The molecule has 3 rings (SSSR count). The quantitative estimate of drug-likeness (QED) is 0.740. The van der Waals surface area contributed by atoms with Crippen LogP contribution < -0.4 is 0 Å². The minimum absolute atomic E-state index is 0.0965. The van der Waals surface area contributed by atoms with Crippen molar-refractivity contribution < 1.29 is 14.7 Å². The third kappa shape index (κ3) is 4.56. The first-order valence-corrected chi connectivity index (χ1v) is 9.32. The Morgan fingerprint density at radius 2 is 1.74 bits per heavy atom. The molecule has 1 aliphatic heterocycles. The number of hydrogen-bond acceptors (Lipinski definition) is 5. The van der Waals surface area contributed by atoms with Crippen molar-refractivity contribution in [2.75, 3.05) is 6.61 Å². The summed E-state index contributed by atoms with van der Waals surface area (Å²) in [5, 5.41) is 13.9. The Bertz CT molecular complexity index is 777. The Labute approximate surface area is 160 Å². The van der Waals surface area contributed by atoms with Crippen molar-refractivity contribution >= 4 is 5.97 Å². The lowest BCUT2D eigenvalue weighted by Gasteiger charge is -2.31. The van der Waals surface area contributed by atoms with Gasteiger partial charge in [0.15, 0.2) is 0 Å². The minimum atomic E-state index is -0.320. The van der Waals surface area contributed by atoms with Gasteiger partial charge in [-0.15, -0.1) is 0 Å². The van der Waals surface area contributed by atoms with Crippen molar-refractivity contribution in [2.24, 2.45) is 5.92 Å². The molecule has 1 heterocycles. The molecule has 5 nitrogen and oxygen atoms in total. The summed E-state index contributed by atoms with van der Waals surface area (Å²) in [6, 6.07) is 20.0. The molecule has 0 spiro atoms. The molecule has 1 aliphatic rings. The molecule has 0 aromatic heterocycles. The van der Waals surface area contributed by atoms with E-state index in [0.29, 0.717) is 25.3 Å². The van der Waals surface area contributed by atoms with E-state index < -0.39 is 0 Å². The number of nitrogens with zero attached hydrogens (tertiary/aromatic N) is 2. The molecule has 0 amide bonds. The van der Waals surface area contributed by atoms with Crippen LogP contribution in [0.5, 0.6) is 0 Å². The van der Waals surface area contributed by atoms with Crippen molar-refractivity contribution in [1.29, 1.82) is 0 Å². The zero-order valence-electron chi connectivity index (χ0n) is 15.8. The molecular formula is C22H26N2O3. The highest BCUT2D eigenvalue weighted by molar-refractivity contribution is 5.72. The zero-order chi connectivity index (χ0) is 19.2. The van der Waals surface area contributed by atoms with Crippen LogP contribution in [0.2, 0.25) is 0 Å². The molecule has 2 unspecified atom stereocenters. The summed E-state index contributed by atoms with van der Waals surface area (Å²) in [5.41, 5.74) is 2.90. The Hall–Kier alpha value is -2.63. The number of benzene rings is 2. The molecule has 1 N–H and O–H groups in total. The molecule has 2 aromatic rings. The van der Waals surface area contributed by atoms with Gasteiger partial charge in [0.1, 0.15) is 0 Å². The summed E-state index contributed by atoms with van der Waals surface area (Å²) in [5.74, 6) is -0.566. The van der Waals surface area contributed by atoms with Crippen LogP contribution in [0.4, 0.5) is 0 Å². The van der Waals surface area contributed by atoms with Gasteiger partial charge in [0.05, 0.1) is 24.3 Å². The average molecular weight is 366 g/mol. The monoisotopic (exact) mass is 366 g/mol. The molecule has 0 radical (unpaired) electrons. The van der Waals surface area contributed by atoms with Crippen LogP contribution in [-0.2, 0) is 16.1 Å². The van der Waals surface area contributed by atoms with Gasteiger partial charge >= 0.3 is 5.97 Å². The van der Waals surface area contributed by atoms with Gasteiger partial charge in [0.2, 0.25) is 0 Å². The van der Waals surface area contributed by atoms with Crippen LogP contribution in [0.1, 0.15) is 37.4 Å². The van der Waals surface area contributed by atoms with Gasteiger partial charge in [0.25, 0.3) is 0 Å². The van der Waals surface area contributed by atoms with E-state index in [-0.39, 0.29) is 17.9 Å². The minimum Gasteiger partial charge on any atom is -0.466 e. The van der Waals surface area contributed by atoms with Gasteiger partial charge in [-0.25, -0.2) is 0 Å². The largest absolute Gasteiger partial charge is 0.466 e. The Morgan fingerprint density at radius 3 is 2.37 bits per heavy atom. The first-order valence-electron chi connectivity index (χ1n) is 9.32. The molecule has 27 heavy (non-hydrogen) atoms. The molecule has 0 fully saturated rings. The summed E-state index contributed by atoms with van der Waals surface area (Å²) in [6.45, 7) is 4.54. The second-order valence-corrected chi connectivity index (χ2v) is 6.74. The molecule has 0 saturated carbocycles. The van der Waals surface area contributed by atoms with Crippen molar-refractivity contribution in [3.05, 3.63) is 83.6 Å². The number of esters is 1. The highest BCUT2D eigenvalue weighted by atomic mass is 16.6. The topological polar surface area (TPSA) is 53.0 Å². The number of carbonyl (C=O) groups is 1. The lowest BCUT2D eigenvalue weighted by Crippen LogP contribution is -2.36. The molecule has 2 aromatic carbocycles. The van der Waals surface area contributed by atoms with Gasteiger partial charge in [0, 0.05) is 13.0 Å². The van der Waals surface area contributed by atoms with Crippen molar-refractivity contribution in [2.45, 2.75) is 32.9 Å². The highest BCUT2D eigenvalue weighted by Gasteiger charge is 2.34. The summed E-state index contributed by atoms with van der Waals surface area (Å²) < 4.78 is 5.10. The van der Waals surface area contributed by atoms with Crippen LogP contribution in [0, 0.1) is 5.92 Å². The smallest absolute Gasteiger partial charge is 0.309 e. The van der Waals surface area contributed by atoms with Crippen LogP contribution in [0.25, 0.3) is 0 Å². The molecule has 142 valence electrons. The average Bonchev–Trinajstić information content (AvgIpc) is 2.99. The van der Waals surface area contributed by atoms with Crippen molar-refractivity contribution in [3.8, 4) is 0 Å². The predicted molar refractivity (Wildman–Crippen MR) is 103 cm³/mol. The predicted octanol–water partition coefficient (Wildman–Crippen LogP) is 4.32. The first kappa shape index (κ1) is 19.1. The van der Waals surface area contributed by atoms with E-state index in [1.165, 1.54) is 5.17 Å². The number of carbonyl (C=O) groups excluding carboxylic acids is 1. The second kappa shape index (κ2) is 8.84. The second-order valence-electron chi connectivity index (χ2n) is 6.74. The fourth-order valence-electron chi connectivity index (χ4n) is 3.30. The van der Waals surface area contributed by atoms with Crippen LogP contribution in [0.3, 0.4) is 0 Å². The van der Waals surface area contributed by atoms with Gasteiger partial charge in [-0.3, -0.25) is 10.0 Å². The normalized spacial score (nSPS) is 18.3. The third-order valence-corrected chi connectivity index (χ3v) is 4.70. The number of rotatable bonds is 7. The molecule has 0 saturated heterocycles. The van der Waals surface area contributed by atoms with Crippen molar-refractivity contribution in [1.82, 2.24) is 10.2 Å². The van der Waals surface area contributed by atoms with Gasteiger partial charge < -0.3 is 4.74 Å². The maximum absolute atomic E-state index is 12.0. The molecule has 0 aliphatic carbocycles. The Kier molecular flexibility index (Phi) is 6.27. The van der Waals surface area contributed by atoms with E-state index in [1.54, 1.807) is 6.92 Å². The van der Waals surface area contributed by atoms with Crippen molar-refractivity contribution in [3.63, 3.8) is 0 Å². The van der Waals surface area contributed by atoms with Gasteiger partial charge in [-0.2, -0.15) is 10.2 Å². The van der Waals surface area contributed by atoms with E-state index in [9.17, 15) is 10.0 Å². The fourth-order valence-corrected chi connectivity index (χ4v) is 3.30. The standard InChI is InChI=1S/C22H26N2O3/c1-3-27-22(25)17(2)14-20-15-21(19-12-8-5-9-13-19)23(24(20)26)16-18-10-6-4-7-11-18/h4-13,15,17,21,26H,3,14,16H2,1-2H3. The Morgan fingerprint density at radius 1 is 1.11 bits per heavy atom. The van der Waals surface area contributed by atoms with Crippen LogP contribution >= 0.6 is 0 Å². The third-order valence-electron chi connectivity index (χ3n) is 4.70. The summed E-state index contributed by atoms with van der Waals surface area (Å²) >= 11 is 0. The number of hydroxylamine groups is 1. The van der Waals surface area contributed by atoms with Crippen LogP contribution in [0.15, 0.2) is 72.4 Å². The van der Waals surface area contributed by atoms with E-state index >= 15 is 0 Å². The zero-order valence-corrected chi connectivity index (χ0v) is 15.8. The molecule has 2 atom stereocenters. The summed E-state index contributed by atoms with van der Waals surface area (Å²) in [7, 11) is 0.